The number of aryl methyl sites for hydroxylation is 1. The number of aliphatic carboxylic acids is 1. The number of nitrogens with one attached hydrogen (secondary N) is 1. The van der Waals surface area contributed by atoms with Gasteiger partial charge in [0.05, 0.1) is 23.4 Å². The van der Waals surface area contributed by atoms with Crippen molar-refractivity contribution in [1.29, 1.82) is 0 Å². The Morgan fingerprint density at radius 3 is 3.06 bits per heavy atom. The van der Waals surface area contributed by atoms with Crippen molar-refractivity contribution in [2.75, 3.05) is 5.75 Å². The van der Waals surface area contributed by atoms with Gasteiger partial charge >= 0.3 is 5.97 Å². The molecule has 0 saturated carbocycles. The summed E-state index contributed by atoms with van der Waals surface area (Å²) in [5.41, 5.74) is 1.64. The number of H-pyrrole nitrogens is 1. The quantitative estimate of drug-likeness (QED) is 0.823. The lowest BCUT2D eigenvalue weighted by Crippen LogP contribution is -2.05. The van der Waals surface area contributed by atoms with E-state index in [4.69, 9.17) is 5.11 Å². The van der Waals surface area contributed by atoms with Gasteiger partial charge in [-0.3, -0.25) is 4.79 Å². The molecule has 6 nitrogen and oxygen atoms in total. The van der Waals surface area contributed by atoms with E-state index in [1.165, 1.54) is 11.8 Å². The second-order valence-electron chi connectivity index (χ2n) is 3.28. The highest BCUT2D eigenvalue weighted by molar-refractivity contribution is 8.14. The molecule has 84 valence electrons. The highest BCUT2D eigenvalue weighted by Crippen LogP contribution is 2.17. The maximum atomic E-state index is 10.4. The Bertz CT molecular complexity index is 478. The molecule has 0 unspecified atom stereocenters. The topological polar surface area (TPSA) is 90.7 Å². The minimum absolute atomic E-state index is 0.0175. The highest BCUT2D eigenvalue weighted by atomic mass is 32.2. The molecule has 7 heteroatoms. The smallest absolute Gasteiger partial charge is 0.313 e. The third-order valence-electron chi connectivity index (χ3n) is 1.98. The average Bonchev–Trinajstić information content (AvgIpc) is 2.83. The third kappa shape index (κ3) is 2.48. The molecule has 0 atom stereocenters. The van der Waals surface area contributed by atoms with Gasteiger partial charge in [-0.25, -0.2) is 4.98 Å². The standard InChI is InChI=1S/C9H10N4O2S/c1-5-10-3-7(11-5)6-2-8(13-12-6)16-4-9(14)15/h3H,2,4H2,1H3,(H,10,11)(H,14,15). The number of rotatable bonds is 3. The molecule has 0 spiro atoms. The van der Waals surface area contributed by atoms with Crippen molar-refractivity contribution >= 4 is 28.5 Å². The Morgan fingerprint density at radius 2 is 2.44 bits per heavy atom. The summed E-state index contributed by atoms with van der Waals surface area (Å²) >= 11 is 1.20. The summed E-state index contributed by atoms with van der Waals surface area (Å²) in [4.78, 5) is 17.5. The first-order valence-corrected chi connectivity index (χ1v) is 5.63. The van der Waals surface area contributed by atoms with Gasteiger partial charge in [-0.2, -0.15) is 5.10 Å². The van der Waals surface area contributed by atoms with Crippen LogP contribution in [0.5, 0.6) is 0 Å². The molecule has 2 heterocycles. The van der Waals surface area contributed by atoms with Crippen LogP contribution in [0.15, 0.2) is 16.4 Å². The molecule has 0 bridgehead atoms. The lowest BCUT2D eigenvalue weighted by Gasteiger charge is -1.96. The Hall–Kier alpha value is -1.63. The minimum atomic E-state index is -0.849. The number of carboxylic acid groups (broad SMARTS) is 1. The second kappa shape index (κ2) is 4.48. The van der Waals surface area contributed by atoms with Crippen LogP contribution in [0.1, 0.15) is 17.9 Å². The second-order valence-corrected chi connectivity index (χ2v) is 4.33. The van der Waals surface area contributed by atoms with E-state index >= 15 is 0 Å². The van der Waals surface area contributed by atoms with Crippen LogP contribution in [0.2, 0.25) is 0 Å². The lowest BCUT2D eigenvalue weighted by atomic mass is 10.2. The zero-order valence-electron chi connectivity index (χ0n) is 8.60. The van der Waals surface area contributed by atoms with Crippen molar-refractivity contribution in [2.24, 2.45) is 10.2 Å². The van der Waals surface area contributed by atoms with Crippen molar-refractivity contribution in [2.45, 2.75) is 13.3 Å². The Labute approximate surface area is 95.9 Å². The summed E-state index contributed by atoms with van der Waals surface area (Å²) in [5, 5.41) is 17.2. The highest BCUT2D eigenvalue weighted by Gasteiger charge is 2.17. The van der Waals surface area contributed by atoms with Gasteiger partial charge in [-0.15, -0.1) is 5.10 Å². The van der Waals surface area contributed by atoms with Crippen LogP contribution in [0.3, 0.4) is 0 Å². The predicted octanol–water partition coefficient (Wildman–Crippen LogP) is 1.04. The van der Waals surface area contributed by atoms with Crippen LogP contribution in [0.25, 0.3) is 0 Å². The van der Waals surface area contributed by atoms with Crippen LogP contribution in [0.4, 0.5) is 0 Å². The van der Waals surface area contributed by atoms with Gasteiger partial charge in [0.25, 0.3) is 0 Å². The van der Waals surface area contributed by atoms with Gasteiger partial charge in [0.1, 0.15) is 10.9 Å². The maximum absolute atomic E-state index is 10.4. The van der Waals surface area contributed by atoms with Crippen LogP contribution >= 0.6 is 11.8 Å². The number of hydrogen-bond acceptors (Lipinski definition) is 5. The molecular formula is C9H10N4O2S. The fourth-order valence-corrected chi connectivity index (χ4v) is 1.90. The summed E-state index contributed by atoms with van der Waals surface area (Å²) < 4.78 is 0. The zero-order valence-corrected chi connectivity index (χ0v) is 9.41. The van der Waals surface area contributed by atoms with Crippen LogP contribution in [-0.4, -0.2) is 37.6 Å². The molecule has 16 heavy (non-hydrogen) atoms. The van der Waals surface area contributed by atoms with Gasteiger partial charge in [0.15, 0.2) is 0 Å². The number of imidazole rings is 1. The maximum Gasteiger partial charge on any atom is 0.313 e. The normalized spacial score (nSPS) is 14.8. The first-order valence-electron chi connectivity index (χ1n) is 4.65. The minimum Gasteiger partial charge on any atom is -0.481 e. The molecule has 0 amide bonds. The molecule has 0 radical (unpaired) electrons. The summed E-state index contributed by atoms with van der Waals surface area (Å²) in [6, 6.07) is 0. The predicted molar refractivity (Wildman–Crippen MR) is 62.0 cm³/mol. The summed E-state index contributed by atoms with van der Waals surface area (Å²) in [5.74, 6) is -0.00762. The molecule has 0 saturated heterocycles. The van der Waals surface area contributed by atoms with Crippen molar-refractivity contribution in [3.63, 3.8) is 0 Å². The molecule has 0 aromatic carbocycles. The van der Waals surface area contributed by atoms with Crippen LogP contribution < -0.4 is 0 Å². The van der Waals surface area contributed by atoms with Crippen molar-refractivity contribution < 1.29 is 9.90 Å². The molecule has 1 aliphatic rings. The zero-order chi connectivity index (χ0) is 11.5. The number of aromatic nitrogens is 2. The Morgan fingerprint density at radius 1 is 1.62 bits per heavy atom. The fraction of sp³-hybridized carbons (Fsp3) is 0.333. The van der Waals surface area contributed by atoms with Crippen LogP contribution in [0, 0.1) is 6.92 Å². The number of thioether (sulfide) groups is 1. The van der Waals surface area contributed by atoms with Crippen molar-refractivity contribution in [3.8, 4) is 0 Å². The van der Waals surface area contributed by atoms with E-state index in [-0.39, 0.29) is 5.75 Å². The van der Waals surface area contributed by atoms with Crippen molar-refractivity contribution in [3.05, 3.63) is 17.7 Å². The molecule has 0 aliphatic carbocycles. The van der Waals surface area contributed by atoms with E-state index in [0.29, 0.717) is 6.42 Å². The van der Waals surface area contributed by atoms with Gasteiger partial charge in [0.2, 0.25) is 0 Å². The van der Waals surface area contributed by atoms with E-state index in [2.05, 4.69) is 20.2 Å². The molecule has 0 fully saturated rings. The van der Waals surface area contributed by atoms with Gasteiger partial charge in [-0.05, 0) is 6.92 Å². The molecule has 2 rings (SSSR count). The molecule has 1 aliphatic heterocycles. The van der Waals surface area contributed by atoms with Crippen LogP contribution in [-0.2, 0) is 4.79 Å². The van der Waals surface area contributed by atoms with E-state index < -0.39 is 5.97 Å². The largest absolute Gasteiger partial charge is 0.481 e. The molecule has 1 aromatic heterocycles. The van der Waals surface area contributed by atoms with Gasteiger partial charge in [0, 0.05) is 6.42 Å². The number of hydrogen-bond donors (Lipinski definition) is 2. The summed E-state index contributed by atoms with van der Waals surface area (Å²) in [6.45, 7) is 1.86. The molecule has 2 N–H and O–H groups in total. The van der Waals surface area contributed by atoms with Crippen molar-refractivity contribution in [1.82, 2.24) is 9.97 Å². The third-order valence-corrected chi connectivity index (χ3v) is 2.93. The Balaban J connectivity index is 1.93. The monoisotopic (exact) mass is 238 g/mol. The molecule has 1 aromatic rings. The van der Waals surface area contributed by atoms with Gasteiger partial charge in [-0.1, -0.05) is 11.8 Å². The first-order chi connectivity index (χ1) is 7.65. The fourth-order valence-electron chi connectivity index (χ4n) is 1.27. The van der Waals surface area contributed by atoms with Gasteiger partial charge < -0.3 is 10.1 Å². The summed E-state index contributed by atoms with van der Waals surface area (Å²) in [6.07, 6.45) is 2.27. The van der Waals surface area contributed by atoms with E-state index in [1.54, 1.807) is 6.20 Å². The molecular weight excluding hydrogens is 228 g/mol. The van der Waals surface area contributed by atoms with E-state index in [9.17, 15) is 4.79 Å². The number of carboxylic acids is 1. The SMILES string of the molecule is Cc1ncc(C2=NN=C(SCC(=O)O)C2)[nH]1. The number of nitrogens with zero attached hydrogens (tertiary/aromatic N) is 3. The Kier molecular flexibility index (Phi) is 3.04. The lowest BCUT2D eigenvalue weighted by molar-refractivity contribution is -0.133. The number of carbonyl (C=O) groups is 1. The van der Waals surface area contributed by atoms with E-state index in [1.807, 2.05) is 6.92 Å². The first kappa shape index (κ1) is 10.9. The summed E-state index contributed by atoms with van der Waals surface area (Å²) in [7, 11) is 0. The average molecular weight is 238 g/mol. The number of aromatic amines is 1. The van der Waals surface area contributed by atoms with E-state index in [0.717, 1.165) is 22.3 Å².